The Morgan fingerprint density at radius 3 is 2.71 bits per heavy atom. The van der Waals surface area contributed by atoms with E-state index in [-0.39, 0.29) is 24.1 Å². The molecule has 1 aromatic rings. The van der Waals surface area contributed by atoms with Crippen LogP contribution in [0.4, 0.5) is 0 Å². The van der Waals surface area contributed by atoms with Crippen molar-refractivity contribution in [2.75, 3.05) is 6.61 Å². The molecule has 1 aromatic heterocycles. The number of hydrogen-bond acceptors (Lipinski definition) is 4. The fraction of sp³-hybridized carbons (Fsp3) is 0.706. The molecule has 2 heterocycles. The minimum Gasteiger partial charge on any atom is -0.481 e. The molecule has 1 saturated carbocycles. The van der Waals surface area contributed by atoms with Gasteiger partial charge in [0.2, 0.25) is 5.91 Å². The molecule has 24 heavy (non-hydrogen) atoms. The maximum atomic E-state index is 12.6. The standard InChI is InChI=1S/C17H25N3O4/c1-9(2)20-11(5-7-18-20)14-10(6-8-24-14)19-15(21)12-13(16(22)23)17(12,3)4/h5,7,9-10,12-14H,6,8H2,1-4H3,(H,19,21)(H,22,23)/t10-,12-,13+,14-/m0/s1. The topological polar surface area (TPSA) is 93.5 Å². The summed E-state index contributed by atoms with van der Waals surface area (Å²) < 4.78 is 7.74. The summed E-state index contributed by atoms with van der Waals surface area (Å²) in [5, 5.41) is 16.6. The molecule has 2 aliphatic rings. The Labute approximate surface area is 141 Å². The van der Waals surface area contributed by atoms with Crippen molar-refractivity contribution in [3.63, 3.8) is 0 Å². The van der Waals surface area contributed by atoms with Crippen LogP contribution >= 0.6 is 0 Å². The number of carbonyl (C=O) groups excluding carboxylic acids is 1. The third-order valence-corrected chi connectivity index (χ3v) is 5.28. The number of carbonyl (C=O) groups is 2. The lowest BCUT2D eigenvalue weighted by atomic mass is 10.1. The summed E-state index contributed by atoms with van der Waals surface area (Å²) in [6, 6.07) is 1.96. The van der Waals surface area contributed by atoms with E-state index in [1.807, 2.05) is 38.4 Å². The molecular formula is C17H25N3O4. The van der Waals surface area contributed by atoms with Gasteiger partial charge in [-0.2, -0.15) is 5.10 Å². The predicted octanol–water partition coefficient (Wildman–Crippen LogP) is 1.77. The van der Waals surface area contributed by atoms with Gasteiger partial charge in [0.05, 0.1) is 23.6 Å². The summed E-state index contributed by atoms with van der Waals surface area (Å²) >= 11 is 0. The van der Waals surface area contributed by atoms with Crippen molar-refractivity contribution < 1.29 is 19.4 Å². The van der Waals surface area contributed by atoms with Gasteiger partial charge in [0.1, 0.15) is 6.10 Å². The van der Waals surface area contributed by atoms with Crippen molar-refractivity contribution in [1.82, 2.24) is 15.1 Å². The molecule has 4 atom stereocenters. The summed E-state index contributed by atoms with van der Waals surface area (Å²) in [6.07, 6.45) is 2.20. The third-order valence-electron chi connectivity index (χ3n) is 5.28. The first-order chi connectivity index (χ1) is 11.2. The molecule has 0 unspecified atom stereocenters. The number of rotatable bonds is 5. The Bertz CT molecular complexity index is 652. The van der Waals surface area contributed by atoms with Gasteiger partial charge in [0, 0.05) is 18.8 Å². The quantitative estimate of drug-likeness (QED) is 0.855. The summed E-state index contributed by atoms with van der Waals surface area (Å²) in [5.41, 5.74) is 0.447. The molecule has 0 aromatic carbocycles. The van der Waals surface area contributed by atoms with Gasteiger partial charge in [0.15, 0.2) is 0 Å². The van der Waals surface area contributed by atoms with Crippen LogP contribution in [-0.2, 0) is 14.3 Å². The van der Waals surface area contributed by atoms with E-state index >= 15 is 0 Å². The molecular weight excluding hydrogens is 310 g/mol. The van der Waals surface area contributed by atoms with E-state index in [9.17, 15) is 14.7 Å². The summed E-state index contributed by atoms with van der Waals surface area (Å²) in [6.45, 7) is 8.31. The zero-order valence-corrected chi connectivity index (χ0v) is 14.5. The van der Waals surface area contributed by atoms with Gasteiger partial charge < -0.3 is 15.2 Å². The highest BCUT2D eigenvalue weighted by Gasteiger charge is 2.66. The average molecular weight is 335 g/mol. The lowest BCUT2D eigenvalue weighted by Crippen LogP contribution is -2.39. The number of nitrogens with one attached hydrogen (secondary N) is 1. The zero-order valence-electron chi connectivity index (χ0n) is 14.5. The van der Waals surface area contributed by atoms with Crippen LogP contribution in [0.3, 0.4) is 0 Å². The Hall–Kier alpha value is -1.89. The van der Waals surface area contributed by atoms with Crippen LogP contribution in [0.5, 0.6) is 0 Å². The van der Waals surface area contributed by atoms with Crippen molar-refractivity contribution in [2.24, 2.45) is 17.3 Å². The molecule has 1 aliphatic heterocycles. The van der Waals surface area contributed by atoms with E-state index in [1.54, 1.807) is 6.20 Å². The molecule has 0 radical (unpaired) electrons. The summed E-state index contributed by atoms with van der Waals surface area (Å²) in [4.78, 5) is 23.9. The number of carboxylic acid groups (broad SMARTS) is 1. The van der Waals surface area contributed by atoms with E-state index in [0.29, 0.717) is 13.0 Å². The first-order valence-corrected chi connectivity index (χ1v) is 8.43. The van der Waals surface area contributed by atoms with E-state index < -0.39 is 23.2 Å². The van der Waals surface area contributed by atoms with Gasteiger partial charge in [-0.25, -0.2) is 0 Å². The molecule has 7 nitrogen and oxygen atoms in total. The number of amides is 1. The fourth-order valence-corrected chi connectivity index (χ4v) is 3.87. The highest BCUT2D eigenvalue weighted by molar-refractivity contribution is 5.91. The normalized spacial score (nSPS) is 31.2. The highest BCUT2D eigenvalue weighted by Crippen LogP contribution is 2.58. The van der Waals surface area contributed by atoms with Crippen LogP contribution in [0.2, 0.25) is 0 Å². The molecule has 2 N–H and O–H groups in total. The number of nitrogens with zero attached hydrogens (tertiary/aromatic N) is 2. The molecule has 2 fully saturated rings. The van der Waals surface area contributed by atoms with Crippen LogP contribution < -0.4 is 5.32 Å². The largest absolute Gasteiger partial charge is 0.481 e. The molecule has 132 valence electrons. The van der Waals surface area contributed by atoms with Crippen LogP contribution in [0.25, 0.3) is 0 Å². The second-order valence-corrected chi connectivity index (χ2v) is 7.60. The van der Waals surface area contributed by atoms with Crippen molar-refractivity contribution >= 4 is 11.9 Å². The summed E-state index contributed by atoms with van der Waals surface area (Å²) in [5.74, 6) is -2.19. The first-order valence-electron chi connectivity index (χ1n) is 8.43. The van der Waals surface area contributed by atoms with Gasteiger partial charge >= 0.3 is 5.97 Å². The van der Waals surface area contributed by atoms with E-state index in [2.05, 4.69) is 10.4 Å². The van der Waals surface area contributed by atoms with E-state index in [1.165, 1.54) is 0 Å². The maximum absolute atomic E-state index is 12.6. The third kappa shape index (κ3) is 2.70. The van der Waals surface area contributed by atoms with E-state index in [0.717, 1.165) is 5.69 Å². The van der Waals surface area contributed by atoms with Gasteiger partial charge in [-0.1, -0.05) is 13.8 Å². The lowest BCUT2D eigenvalue weighted by molar-refractivity contribution is -0.140. The molecule has 7 heteroatoms. The lowest BCUT2D eigenvalue weighted by Gasteiger charge is -2.22. The van der Waals surface area contributed by atoms with Crippen LogP contribution in [0.1, 0.15) is 52.0 Å². The predicted molar refractivity (Wildman–Crippen MR) is 86.2 cm³/mol. The van der Waals surface area contributed by atoms with Gasteiger partial charge in [-0.05, 0) is 31.7 Å². The minimum atomic E-state index is -0.905. The van der Waals surface area contributed by atoms with Crippen molar-refractivity contribution in [3.8, 4) is 0 Å². The maximum Gasteiger partial charge on any atom is 0.307 e. The number of carboxylic acids is 1. The molecule has 1 aliphatic carbocycles. The van der Waals surface area contributed by atoms with E-state index in [4.69, 9.17) is 4.74 Å². The molecule has 1 amide bonds. The summed E-state index contributed by atoms with van der Waals surface area (Å²) in [7, 11) is 0. The Kier molecular flexibility index (Phi) is 4.15. The Morgan fingerprint density at radius 1 is 1.42 bits per heavy atom. The monoisotopic (exact) mass is 335 g/mol. The Balaban J connectivity index is 1.72. The number of aromatic nitrogens is 2. The SMILES string of the molecule is CC(C)n1nccc1[C@H]1OCC[C@@H]1NC(=O)[C@@H]1[C@H](C(=O)O)C1(C)C. The number of aliphatic carboxylic acids is 1. The Morgan fingerprint density at radius 2 is 2.12 bits per heavy atom. The van der Waals surface area contributed by atoms with Gasteiger partial charge in [-0.3, -0.25) is 14.3 Å². The number of hydrogen-bond donors (Lipinski definition) is 2. The van der Waals surface area contributed by atoms with Gasteiger partial charge in [-0.15, -0.1) is 0 Å². The molecule has 0 spiro atoms. The molecule has 3 rings (SSSR count). The second-order valence-electron chi connectivity index (χ2n) is 7.60. The minimum absolute atomic E-state index is 0.155. The molecule has 1 saturated heterocycles. The smallest absolute Gasteiger partial charge is 0.307 e. The number of ether oxygens (including phenoxy) is 1. The van der Waals surface area contributed by atoms with Crippen LogP contribution in [-0.4, -0.2) is 39.4 Å². The van der Waals surface area contributed by atoms with Crippen molar-refractivity contribution in [3.05, 3.63) is 18.0 Å². The first kappa shape index (κ1) is 17.0. The zero-order chi connectivity index (χ0) is 17.6. The second kappa shape index (κ2) is 5.88. The van der Waals surface area contributed by atoms with Crippen LogP contribution in [0.15, 0.2) is 12.3 Å². The van der Waals surface area contributed by atoms with Crippen LogP contribution in [0, 0.1) is 17.3 Å². The fourth-order valence-electron chi connectivity index (χ4n) is 3.87. The van der Waals surface area contributed by atoms with Crippen molar-refractivity contribution in [1.29, 1.82) is 0 Å². The molecule has 0 bridgehead atoms. The average Bonchev–Trinajstić information content (AvgIpc) is 2.90. The van der Waals surface area contributed by atoms with Gasteiger partial charge in [0.25, 0.3) is 0 Å². The van der Waals surface area contributed by atoms with Crippen molar-refractivity contribution in [2.45, 2.75) is 52.3 Å². The highest BCUT2D eigenvalue weighted by atomic mass is 16.5.